The van der Waals surface area contributed by atoms with Crippen LogP contribution < -0.4 is 0 Å². The van der Waals surface area contributed by atoms with E-state index in [0.717, 1.165) is 16.8 Å². The first-order valence-electron chi connectivity index (χ1n) is 5.33. The molecule has 0 N–H and O–H groups in total. The number of Topliss-reactive ketones (excluding diaryl/α,β-unsaturated/α-hetero) is 1. The Morgan fingerprint density at radius 3 is 2.59 bits per heavy atom. The largest absolute Gasteiger partial charge is 0.291 e. The molecule has 0 unspecified atom stereocenters. The number of nitrogens with zero attached hydrogens (tertiary/aromatic N) is 2. The molecule has 0 radical (unpaired) electrons. The van der Waals surface area contributed by atoms with E-state index in [9.17, 15) is 4.79 Å². The van der Waals surface area contributed by atoms with Crippen molar-refractivity contribution in [2.45, 2.75) is 6.92 Å². The first-order valence-corrected chi connectivity index (χ1v) is 5.86. The molecule has 4 heteroatoms. The van der Waals surface area contributed by atoms with Crippen LogP contribution in [-0.2, 0) is 7.05 Å². The molecule has 0 aliphatic heterocycles. The van der Waals surface area contributed by atoms with Gasteiger partial charge in [0.25, 0.3) is 0 Å². The van der Waals surface area contributed by atoms with E-state index < -0.39 is 0 Å². The number of hydrogen-bond donors (Lipinski definition) is 0. The molecule has 1 aromatic heterocycles. The standard InChI is InChI=1S/C13H13ClN2O/c1-9-12(11(17)8-14)15-16(2)13(9)10-6-4-3-5-7-10/h3-7H,8H2,1-2H3. The summed E-state index contributed by atoms with van der Waals surface area (Å²) in [6.07, 6.45) is 0. The second-order valence-corrected chi connectivity index (χ2v) is 4.14. The molecule has 2 rings (SSSR count). The zero-order valence-corrected chi connectivity index (χ0v) is 10.5. The van der Waals surface area contributed by atoms with E-state index in [1.807, 2.05) is 44.3 Å². The lowest BCUT2D eigenvalue weighted by Crippen LogP contribution is -2.03. The van der Waals surface area contributed by atoms with Crippen LogP contribution in [0.25, 0.3) is 11.3 Å². The van der Waals surface area contributed by atoms with Gasteiger partial charge >= 0.3 is 0 Å². The summed E-state index contributed by atoms with van der Waals surface area (Å²) in [5.41, 5.74) is 3.35. The summed E-state index contributed by atoms with van der Waals surface area (Å²) in [6, 6.07) is 9.88. The average Bonchev–Trinajstić information content (AvgIpc) is 2.65. The summed E-state index contributed by atoms with van der Waals surface area (Å²) < 4.78 is 1.73. The second-order valence-electron chi connectivity index (χ2n) is 3.87. The van der Waals surface area contributed by atoms with Gasteiger partial charge in [0, 0.05) is 18.2 Å². The smallest absolute Gasteiger partial charge is 0.198 e. The Hall–Kier alpha value is -1.61. The Morgan fingerprint density at radius 2 is 2.00 bits per heavy atom. The molecule has 1 aromatic carbocycles. The first-order chi connectivity index (χ1) is 8.15. The Labute approximate surface area is 105 Å². The molecule has 3 nitrogen and oxygen atoms in total. The van der Waals surface area contributed by atoms with E-state index in [1.165, 1.54) is 0 Å². The summed E-state index contributed by atoms with van der Waals surface area (Å²) in [5.74, 6) is -0.173. The number of halogens is 1. The number of aryl methyl sites for hydroxylation is 1. The Balaban J connectivity index is 2.57. The Morgan fingerprint density at radius 1 is 1.35 bits per heavy atom. The zero-order chi connectivity index (χ0) is 12.4. The molecule has 17 heavy (non-hydrogen) atoms. The second kappa shape index (κ2) is 4.72. The highest BCUT2D eigenvalue weighted by atomic mass is 35.5. The van der Waals surface area contributed by atoms with Crippen molar-refractivity contribution < 1.29 is 4.79 Å². The lowest BCUT2D eigenvalue weighted by atomic mass is 10.1. The van der Waals surface area contributed by atoms with Gasteiger partial charge in [0.1, 0.15) is 5.69 Å². The highest BCUT2D eigenvalue weighted by molar-refractivity contribution is 6.30. The van der Waals surface area contributed by atoms with Crippen LogP contribution in [-0.4, -0.2) is 21.4 Å². The lowest BCUT2D eigenvalue weighted by Gasteiger charge is -2.02. The summed E-state index contributed by atoms with van der Waals surface area (Å²) in [4.78, 5) is 11.6. The van der Waals surface area contributed by atoms with Gasteiger partial charge in [0.15, 0.2) is 5.78 Å². The Kier molecular flexibility index (Phi) is 3.29. The van der Waals surface area contributed by atoms with Gasteiger partial charge in [-0.15, -0.1) is 11.6 Å². The number of hydrogen-bond acceptors (Lipinski definition) is 2. The predicted octanol–water partition coefficient (Wildman–Crippen LogP) is 2.82. The number of alkyl halides is 1. The third-order valence-electron chi connectivity index (χ3n) is 2.72. The molecular formula is C13H13ClN2O. The van der Waals surface area contributed by atoms with Crippen molar-refractivity contribution in [1.29, 1.82) is 0 Å². The van der Waals surface area contributed by atoms with Crippen LogP contribution in [0.2, 0.25) is 0 Å². The van der Waals surface area contributed by atoms with Crippen LogP contribution in [0.15, 0.2) is 30.3 Å². The molecule has 0 aliphatic carbocycles. The van der Waals surface area contributed by atoms with Crippen molar-refractivity contribution >= 4 is 17.4 Å². The molecule has 0 saturated carbocycles. The zero-order valence-electron chi connectivity index (χ0n) is 9.77. The topological polar surface area (TPSA) is 34.9 Å². The summed E-state index contributed by atoms with van der Waals surface area (Å²) >= 11 is 5.57. The molecule has 0 atom stereocenters. The number of carbonyl (C=O) groups is 1. The minimum Gasteiger partial charge on any atom is -0.291 e. The highest BCUT2D eigenvalue weighted by Gasteiger charge is 2.18. The highest BCUT2D eigenvalue weighted by Crippen LogP contribution is 2.25. The van der Waals surface area contributed by atoms with Crippen LogP contribution in [0.4, 0.5) is 0 Å². The van der Waals surface area contributed by atoms with Crippen LogP contribution in [0, 0.1) is 6.92 Å². The number of carbonyl (C=O) groups excluding carboxylic acids is 1. The fourth-order valence-electron chi connectivity index (χ4n) is 1.96. The third-order valence-corrected chi connectivity index (χ3v) is 2.96. The van der Waals surface area contributed by atoms with Gasteiger partial charge in [-0.1, -0.05) is 30.3 Å². The van der Waals surface area contributed by atoms with E-state index in [1.54, 1.807) is 4.68 Å². The van der Waals surface area contributed by atoms with Gasteiger partial charge in [-0.2, -0.15) is 5.10 Å². The molecule has 0 aliphatic rings. The van der Waals surface area contributed by atoms with Crippen molar-refractivity contribution in [1.82, 2.24) is 9.78 Å². The fourth-order valence-corrected chi connectivity index (χ4v) is 2.08. The number of ketones is 1. The van der Waals surface area contributed by atoms with Crippen LogP contribution >= 0.6 is 11.6 Å². The van der Waals surface area contributed by atoms with Gasteiger partial charge in [-0.3, -0.25) is 9.48 Å². The van der Waals surface area contributed by atoms with Crippen LogP contribution in [0.5, 0.6) is 0 Å². The van der Waals surface area contributed by atoms with E-state index in [0.29, 0.717) is 5.69 Å². The maximum Gasteiger partial charge on any atom is 0.198 e. The van der Waals surface area contributed by atoms with E-state index >= 15 is 0 Å². The fraction of sp³-hybridized carbons (Fsp3) is 0.231. The molecule has 0 fully saturated rings. The van der Waals surface area contributed by atoms with Crippen molar-refractivity contribution in [2.75, 3.05) is 5.88 Å². The SMILES string of the molecule is Cc1c(C(=O)CCl)nn(C)c1-c1ccccc1. The number of rotatable bonds is 3. The molecule has 0 amide bonds. The van der Waals surface area contributed by atoms with E-state index in [4.69, 9.17) is 11.6 Å². The van der Waals surface area contributed by atoms with Gasteiger partial charge in [-0.25, -0.2) is 0 Å². The summed E-state index contributed by atoms with van der Waals surface area (Å²) in [6.45, 7) is 1.90. The molecule has 2 aromatic rings. The lowest BCUT2D eigenvalue weighted by molar-refractivity contribution is 0.101. The molecule has 1 heterocycles. The van der Waals surface area contributed by atoms with Crippen LogP contribution in [0.1, 0.15) is 16.1 Å². The molecule has 0 spiro atoms. The maximum absolute atomic E-state index is 11.6. The van der Waals surface area contributed by atoms with Crippen molar-refractivity contribution in [3.05, 3.63) is 41.6 Å². The molecule has 0 bridgehead atoms. The van der Waals surface area contributed by atoms with Crippen molar-refractivity contribution in [2.24, 2.45) is 7.05 Å². The number of benzene rings is 1. The Bertz CT molecular complexity index is 546. The minimum atomic E-state index is -0.137. The molecule has 0 saturated heterocycles. The van der Waals surface area contributed by atoms with E-state index in [-0.39, 0.29) is 11.7 Å². The van der Waals surface area contributed by atoms with Crippen molar-refractivity contribution in [3.8, 4) is 11.3 Å². The molecule has 88 valence electrons. The quantitative estimate of drug-likeness (QED) is 0.618. The van der Waals surface area contributed by atoms with E-state index in [2.05, 4.69) is 5.10 Å². The number of aromatic nitrogens is 2. The normalized spacial score (nSPS) is 10.5. The first kappa shape index (κ1) is 11.9. The predicted molar refractivity (Wildman–Crippen MR) is 68.4 cm³/mol. The van der Waals surface area contributed by atoms with Crippen molar-refractivity contribution in [3.63, 3.8) is 0 Å². The van der Waals surface area contributed by atoms with Crippen LogP contribution in [0.3, 0.4) is 0 Å². The molecular weight excluding hydrogens is 236 g/mol. The average molecular weight is 249 g/mol. The third kappa shape index (κ3) is 2.11. The van der Waals surface area contributed by atoms with Gasteiger partial charge < -0.3 is 0 Å². The summed E-state index contributed by atoms with van der Waals surface area (Å²) in [5, 5.41) is 4.24. The van der Waals surface area contributed by atoms with Gasteiger partial charge in [0.2, 0.25) is 0 Å². The maximum atomic E-state index is 11.6. The van der Waals surface area contributed by atoms with Gasteiger partial charge in [0.05, 0.1) is 11.6 Å². The minimum absolute atomic E-state index is 0.0356. The van der Waals surface area contributed by atoms with Gasteiger partial charge in [-0.05, 0) is 6.92 Å². The summed E-state index contributed by atoms with van der Waals surface area (Å²) in [7, 11) is 1.83. The monoisotopic (exact) mass is 248 g/mol.